The van der Waals surface area contributed by atoms with Crippen LogP contribution in [0.2, 0.25) is 0 Å². The van der Waals surface area contributed by atoms with Crippen LogP contribution in [0.1, 0.15) is 45.0 Å². The van der Waals surface area contributed by atoms with Crippen molar-refractivity contribution in [1.29, 1.82) is 0 Å². The van der Waals surface area contributed by atoms with Crippen molar-refractivity contribution in [3.05, 3.63) is 46.0 Å². The Hall–Kier alpha value is -1.20. The summed E-state index contributed by atoms with van der Waals surface area (Å²) in [6, 6.07) is 8.02. The summed E-state index contributed by atoms with van der Waals surface area (Å²) in [6.07, 6.45) is 0.631. The Labute approximate surface area is 127 Å². The number of benzene rings is 1. The van der Waals surface area contributed by atoms with Gasteiger partial charge in [0.1, 0.15) is 0 Å². The van der Waals surface area contributed by atoms with E-state index < -0.39 is 5.54 Å². The Morgan fingerprint density at radius 2 is 1.85 bits per heavy atom. The molecule has 0 atom stereocenters. The van der Waals surface area contributed by atoms with E-state index in [1.54, 1.807) is 0 Å². The van der Waals surface area contributed by atoms with Crippen molar-refractivity contribution in [3.8, 4) is 0 Å². The van der Waals surface area contributed by atoms with Gasteiger partial charge in [-0.2, -0.15) is 4.98 Å². The second-order valence-electron chi connectivity index (χ2n) is 6.13. The van der Waals surface area contributed by atoms with Gasteiger partial charge in [0.25, 0.3) is 0 Å². The molecule has 0 aliphatic heterocycles. The lowest BCUT2D eigenvalue weighted by molar-refractivity contribution is 0.222. The molecule has 0 bridgehead atoms. The highest BCUT2D eigenvalue weighted by molar-refractivity contribution is 9.10. The second-order valence-corrected chi connectivity index (χ2v) is 6.98. The molecular weight excluding hydrogens is 318 g/mol. The van der Waals surface area contributed by atoms with Gasteiger partial charge in [-0.3, -0.25) is 0 Å². The third kappa shape index (κ3) is 2.94. The summed E-state index contributed by atoms with van der Waals surface area (Å²) in [7, 11) is 0. The molecule has 0 amide bonds. The predicted molar refractivity (Wildman–Crippen MR) is 82.5 cm³/mol. The zero-order valence-electron chi connectivity index (χ0n) is 12.3. The van der Waals surface area contributed by atoms with Crippen LogP contribution in [0.4, 0.5) is 0 Å². The van der Waals surface area contributed by atoms with Crippen LogP contribution in [0.3, 0.4) is 0 Å². The van der Waals surface area contributed by atoms with Crippen molar-refractivity contribution in [2.75, 3.05) is 0 Å². The number of nitrogens with zero attached hydrogens (tertiary/aromatic N) is 2. The monoisotopic (exact) mass is 337 g/mol. The molecule has 0 aliphatic rings. The molecule has 5 heteroatoms. The SMILES string of the molecule is CC(C)(N)C(C)(C)c1nc(Cc2ccccc2Br)no1. The topological polar surface area (TPSA) is 64.9 Å². The number of rotatable bonds is 4. The van der Waals surface area contributed by atoms with E-state index in [0.29, 0.717) is 18.1 Å². The van der Waals surface area contributed by atoms with Crippen LogP contribution in [0.15, 0.2) is 33.3 Å². The van der Waals surface area contributed by atoms with E-state index >= 15 is 0 Å². The summed E-state index contributed by atoms with van der Waals surface area (Å²) in [5, 5.41) is 4.07. The first-order valence-corrected chi connectivity index (χ1v) is 7.36. The van der Waals surface area contributed by atoms with Gasteiger partial charge in [0.2, 0.25) is 5.89 Å². The molecule has 0 saturated carbocycles. The van der Waals surface area contributed by atoms with E-state index in [1.807, 2.05) is 52.0 Å². The van der Waals surface area contributed by atoms with E-state index in [1.165, 1.54) is 0 Å². The van der Waals surface area contributed by atoms with Crippen LogP contribution in [0.25, 0.3) is 0 Å². The number of aromatic nitrogens is 2. The van der Waals surface area contributed by atoms with Crippen molar-refractivity contribution in [1.82, 2.24) is 10.1 Å². The molecule has 1 aromatic carbocycles. The van der Waals surface area contributed by atoms with Crippen LogP contribution in [-0.2, 0) is 11.8 Å². The van der Waals surface area contributed by atoms with Gasteiger partial charge in [-0.15, -0.1) is 0 Å². The first-order valence-electron chi connectivity index (χ1n) is 6.57. The van der Waals surface area contributed by atoms with Gasteiger partial charge in [-0.05, 0) is 39.3 Å². The molecule has 108 valence electrons. The predicted octanol–water partition coefficient (Wildman–Crippen LogP) is 3.44. The average Bonchev–Trinajstić information content (AvgIpc) is 2.80. The Morgan fingerprint density at radius 3 is 2.45 bits per heavy atom. The highest BCUT2D eigenvalue weighted by Crippen LogP contribution is 2.32. The number of hydrogen-bond donors (Lipinski definition) is 1. The standard InChI is InChI=1S/C15H20BrN3O/c1-14(2,15(3,4)17)13-18-12(19-20-13)9-10-7-5-6-8-11(10)16/h5-8H,9,17H2,1-4H3. The zero-order valence-corrected chi connectivity index (χ0v) is 13.9. The molecule has 2 aromatic rings. The number of hydrogen-bond acceptors (Lipinski definition) is 4. The Morgan fingerprint density at radius 1 is 1.20 bits per heavy atom. The molecule has 2 rings (SSSR count). The van der Waals surface area contributed by atoms with Crippen LogP contribution < -0.4 is 5.73 Å². The van der Waals surface area contributed by atoms with E-state index in [-0.39, 0.29) is 5.41 Å². The van der Waals surface area contributed by atoms with Gasteiger partial charge in [0.15, 0.2) is 5.82 Å². The quantitative estimate of drug-likeness (QED) is 0.927. The van der Waals surface area contributed by atoms with Crippen molar-refractivity contribution >= 4 is 15.9 Å². The maximum Gasteiger partial charge on any atom is 0.234 e. The van der Waals surface area contributed by atoms with Crippen LogP contribution >= 0.6 is 15.9 Å². The van der Waals surface area contributed by atoms with Crippen LogP contribution in [-0.4, -0.2) is 15.7 Å². The molecule has 0 unspecified atom stereocenters. The van der Waals surface area contributed by atoms with Crippen LogP contribution in [0, 0.1) is 0 Å². The molecule has 0 radical (unpaired) electrons. The van der Waals surface area contributed by atoms with Gasteiger partial charge in [0.05, 0.1) is 5.41 Å². The fourth-order valence-electron chi connectivity index (χ4n) is 1.67. The van der Waals surface area contributed by atoms with Crippen molar-refractivity contribution < 1.29 is 4.52 Å². The Kier molecular flexibility index (Phi) is 4.02. The first kappa shape index (κ1) is 15.2. The Balaban J connectivity index is 2.24. The van der Waals surface area contributed by atoms with Gasteiger partial charge < -0.3 is 10.3 Å². The summed E-state index contributed by atoms with van der Waals surface area (Å²) in [4.78, 5) is 4.51. The summed E-state index contributed by atoms with van der Waals surface area (Å²) >= 11 is 3.53. The molecule has 2 N–H and O–H groups in total. The molecule has 1 heterocycles. The van der Waals surface area contributed by atoms with E-state index in [2.05, 4.69) is 26.1 Å². The Bertz CT molecular complexity index is 599. The fraction of sp³-hybridized carbons (Fsp3) is 0.467. The summed E-state index contributed by atoms with van der Waals surface area (Å²) in [6.45, 7) is 7.96. The maximum absolute atomic E-state index is 6.20. The minimum atomic E-state index is -0.440. The maximum atomic E-state index is 6.20. The van der Waals surface area contributed by atoms with Crippen molar-refractivity contribution in [2.24, 2.45) is 5.73 Å². The third-order valence-corrected chi connectivity index (χ3v) is 4.69. The van der Waals surface area contributed by atoms with E-state index in [4.69, 9.17) is 10.3 Å². The largest absolute Gasteiger partial charge is 0.339 e. The number of halogens is 1. The van der Waals surface area contributed by atoms with Crippen molar-refractivity contribution in [2.45, 2.75) is 45.1 Å². The van der Waals surface area contributed by atoms with E-state index in [9.17, 15) is 0 Å². The summed E-state index contributed by atoms with van der Waals surface area (Å²) in [5.74, 6) is 1.25. The fourth-order valence-corrected chi connectivity index (χ4v) is 2.09. The molecule has 0 fully saturated rings. The van der Waals surface area contributed by atoms with Crippen molar-refractivity contribution in [3.63, 3.8) is 0 Å². The molecule has 0 aliphatic carbocycles. The normalized spacial score (nSPS) is 12.7. The minimum Gasteiger partial charge on any atom is -0.339 e. The van der Waals surface area contributed by atoms with Gasteiger partial charge >= 0.3 is 0 Å². The molecule has 0 saturated heterocycles. The lowest BCUT2D eigenvalue weighted by Gasteiger charge is -2.34. The molecule has 4 nitrogen and oxygen atoms in total. The zero-order chi connectivity index (χ0) is 15.0. The summed E-state index contributed by atoms with van der Waals surface area (Å²) in [5.41, 5.74) is 6.50. The van der Waals surface area contributed by atoms with Crippen LogP contribution in [0.5, 0.6) is 0 Å². The first-order chi connectivity index (χ1) is 9.22. The molecule has 20 heavy (non-hydrogen) atoms. The molecule has 1 aromatic heterocycles. The lowest BCUT2D eigenvalue weighted by atomic mass is 9.75. The third-order valence-electron chi connectivity index (χ3n) is 3.92. The molecule has 0 spiro atoms. The number of nitrogens with two attached hydrogens (primary N) is 1. The minimum absolute atomic E-state index is 0.383. The molecular formula is C15H20BrN3O. The van der Waals surface area contributed by atoms with E-state index in [0.717, 1.165) is 10.0 Å². The van der Waals surface area contributed by atoms with Gasteiger partial charge in [-0.1, -0.05) is 39.3 Å². The smallest absolute Gasteiger partial charge is 0.234 e. The highest BCUT2D eigenvalue weighted by Gasteiger charge is 2.40. The van der Waals surface area contributed by atoms with Gasteiger partial charge in [-0.25, -0.2) is 0 Å². The average molecular weight is 338 g/mol. The summed E-state index contributed by atoms with van der Waals surface area (Å²) < 4.78 is 6.46. The second kappa shape index (κ2) is 5.30. The highest BCUT2D eigenvalue weighted by atomic mass is 79.9. The lowest BCUT2D eigenvalue weighted by Crippen LogP contribution is -2.50. The van der Waals surface area contributed by atoms with Gasteiger partial charge in [0, 0.05) is 16.4 Å².